The zero-order valence-corrected chi connectivity index (χ0v) is 12.3. The molecule has 3 heterocycles. The second kappa shape index (κ2) is 5.08. The van der Waals surface area contributed by atoms with Crippen molar-refractivity contribution in [3.8, 4) is 5.75 Å². The first-order valence-electron chi connectivity index (χ1n) is 7.39. The van der Waals surface area contributed by atoms with Crippen LogP contribution in [0, 0.1) is 0 Å². The second-order valence-corrected chi connectivity index (χ2v) is 5.55. The molecule has 8 nitrogen and oxygen atoms in total. The van der Waals surface area contributed by atoms with E-state index in [-0.39, 0.29) is 18.5 Å². The van der Waals surface area contributed by atoms with Gasteiger partial charge in [-0.25, -0.2) is 9.78 Å². The maximum Gasteiger partial charge on any atom is 0.325 e. The van der Waals surface area contributed by atoms with Gasteiger partial charge in [0.2, 0.25) is 0 Å². The molecule has 3 amide bonds. The summed E-state index contributed by atoms with van der Waals surface area (Å²) in [4.78, 5) is 30.4. The summed E-state index contributed by atoms with van der Waals surface area (Å²) in [5, 5.41) is 6.85. The van der Waals surface area contributed by atoms with E-state index in [4.69, 9.17) is 4.74 Å². The Labute approximate surface area is 132 Å². The number of benzene rings is 1. The van der Waals surface area contributed by atoms with Gasteiger partial charge in [-0.1, -0.05) is 18.2 Å². The normalized spacial score (nSPS) is 22.9. The molecule has 2 aliphatic heterocycles. The molecule has 1 unspecified atom stereocenters. The molecule has 2 aliphatic rings. The average molecular weight is 313 g/mol. The van der Waals surface area contributed by atoms with Crippen molar-refractivity contribution in [2.45, 2.75) is 18.5 Å². The third-order valence-corrected chi connectivity index (χ3v) is 4.28. The predicted octanol–water partition coefficient (Wildman–Crippen LogP) is 0.508. The number of hydrogen-bond donors (Lipinski definition) is 1. The van der Waals surface area contributed by atoms with Crippen molar-refractivity contribution in [2.24, 2.45) is 0 Å². The van der Waals surface area contributed by atoms with Gasteiger partial charge in [-0.2, -0.15) is 5.10 Å². The van der Waals surface area contributed by atoms with Crippen LogP contribution in [-0.2, 0) is 16.9 Å². The highest BCUT2D eigenvalue weighted by Gasteiger charge is 2.54. The number of rotatable bonds is 3. The zero-order valence-electron chi connectivity index (χ0n) is 12.3. The van der Waals surface area contributed by atoms with E-state index >= 15 is 0 Å². The van der Waals surface area contributed by atoms with Gasteiger partial charge in [0.1, 0.15) is 18.4 Å². The SMILES string of the molecule is O=C1NC2(CCOc3ccccc32)C(=O)N1CCn1cncn1. The Kier molecular flexibility index (Phi) is 3.03. The number of carbonyl (C=O) groups excluding carboxylic acids is 2. The van der Waals surface area contributed by atoms with E-state index < -0.39 is 5.54 Å². The van der Waals surface area contributed by atoms with Crippen LogP contribution >= 0.6 is 0 Å². The predicted molar refractivity (Wildman–Crippen MR) is 78.5 cm³/mol. The van der Waals surface area contributed by atoms with E-state index in [0.717, 1.165) is 0 Å². The summed E-state index contributed by atoms with van der Waals surface area (Å²) in [6.07, 6.45) is 3.40. The molecule has 1 N–H and O–H groups in total. The average Bonchev–Trinajstić information content (AvgIpc) is 3.15. The summed E-state index contributed by atoms with van der Waals surface area (Å²) in [5.74, 6) is 0.406. The van der Waals surface area contributed by atoms with Crippen LogP contribution in [0.3, 0.4) is 0 Å². The van der Waals surface area contributed by atoms with E-state index in [1.165, 1.54) is 11.2 Å². The number of para-hydroxylation sites is 1. The van der Waals surface area contributed by atoms with Gasteiger partial charge in [0.15, 0.2) is 5.54 Å². The van der Waals surface area contributed by atoms with Crippen LogP contribution in [0.2, 0.25) is 0 Å². The maximum atomic E-state index is 13.0. The summed E-state index contributed by atoms with van der Waals surface area (Å²) in [7, 11) is 0. The lowest BCUT2D eigenvalue weighted by Crippen LogP contribution is -2.47. The van der Waals surface area contributed by atoms with Crippen molar-refractivity contribution in [3.05, 3.63) is 42.5 Å². The number of fused-ring (bicyclic) bond motifs is 2. The molecule has 1 fully saturated rings. The Hall–Kier alpha value is -2.90. The minimum absolute atomic E-state index is 0.238. The Morgan fingerprint density at radius 3 is 2.96 bits per heavy atom. The fraction of sp³-hybridized carbons (Fsp3) is 0.333. The van der Waals surface area contributed by atoms with Gasteiger partial charge in [0, 0.05) is 12.0 Å². The molecule has 0 bridgehead atoms. The van der Waals surface area contributed by atoms with Crippen LogP contribution in [0.5, 0.6) is 5.75 Å². The summed E-state index contributed by atoms with van der Waals surface area (Å²) >= 11 is 0. The van der Waals surface area contributed by atoms with Crippen molar-refractivity contribution in [1.82, 2.24) is 25.0 Å². The quantitative estimate of drug-likeness (QED) is 0.834. The lowest BCUT2D eigenvalue weighted by atomic mass is 9.84. The molecule has 8 heteroatoms. The minimum Gasteiger partial charge on any atom is -0.493 e. The molecule has 1 saturated heterocycles. The van der Waals surface area contributed by atoms with Crippen LogP contribution < -0.4 is 10.1 Å². The molecule has 23 heavy (non-hydrogen) atoms. The van der Waals surface area contributed by atoms with Gasteiger partial charge in [0.25, 0.3) is 5.91 Å². The molecule has 1 atom stereocenters. The number of ether oxygens (including phenoxy) is 1. The number of hydrogen-bond acceptors (Lipinski definition) is 5. The van der Waals surface area contributed by atoms with Crippen molar-refractivity contribution in [1.29, 1.82) is 0 Å². The minimum atomic E-state index is -1.02. The largest absolute Gasteiger partial charge is 0.493 e. The Morgan fingerprint density at radius 1 is 1.26 bits per heavy atom. The molecule has 0 aliphatic carbocycles. The number of nitrogens with one attached hydrogen (secondary N) is 1. The summed E-state index contributed by atoms with van der Waals surface area (Å²) in [6.45, 7) is 1.05. The smallest absolute Gasteiger partial charge is 0.325 e. The van der Waals surface area contributed by atoms with Crippen molar-refractivity contribution >= 4 is 11.9 Å². The Morgan fingerprint density at radius 2 is 2.13 bits per heavy atom. The molecule has 0 radical (unpaired) electrons. The Balaban J connectivity index is 1.62. The highest BCUT2D eigenvalue weighted by Crippen LogP contribution is 2.40. The molecular formula is C15H15N5O3. The number of aromatic nitrogens is 3. The van der Waals surface area contributed by atoms with Crippen molar-refractivity contribution in [2.75, 3.05) is 13.2 Å². The molecule has 118 valence electrons. The molecule has 1 spiro atoms. The first-order valence-corrected chi connectivity index (χ1v) is 7.39. The van der Waals surface area contributed by atoms with Gasteiger partial charge in [-0.15, -0.1) is 0 Å². The monoisotopic (exact) mass is 313 g/mol. The third kappa shape index (κ3) is 2.06. The van der Waals surface area contributed by atoms with Crippen LogP contribution in [0.15, 0.2) is 36.9 Å². The molecular weight excluding hydrogens is 298 g/mol. The first-order chi connectivity index (χ1) is 11.2. The number of nitrogens with zero attached hydrogens (tertiary/aromatic N) is 4. The van der Waals surface area contributed by atoms with Crippen molar-refractivity contribution < 1.29 is 14.3 Å². The van der Waals surface area contributed by atoms with Gasteiger partial charge in [-0.3, -0.25) is 14.4 Å². The summed E-state index contributed by atoms with van der Waals surface area (Å²) < 4.78 is 7.19. The van der Waals surface area contributed by atoms with Gasteiger partial charge in [-0.05, 0) is 6.07 Å². The molecule has 0 saturated carbocycles. The van der Waals surface area contributed by atoms with E-state index in [2.05, 4.69) is 15.4 Å². The zero-order chi connectivity index (χ0) is 15.9. The van der Waals surface area contributed by atoms with Crippen LogP contribution in [0.25, 0.3) is 0 Å². The van der Waals surface area contributed by atoms with E-state index in [9.17, 15) is 9.59 Å². The Bertz CT molecular complexity index is 760. The van der Waals surface area contributed by atoms with E-state index in [1.807, 2.05) is 24.3 Å². The molecule has 2 aromatic rings. The number of carbonyl (C=O) groups is 2. The second-order valence-electron chi connectivity index (χ2n) is 5.55. The van der Waals surface area contributed by atoms with Crippen LogP contribution in [0.4, 0.5) is 4.79 Å². The standard InChI is InChI=1S/C15H15N5O3/c21-13-15(5-8-23-12-4-2-1-3-11(12)15)18-14(22)20(13)7-6-19-10-16-9-17-19/h1-4,9-10H,5-8H2,(H,18,22). The van der Waals surface area contributed by atoms with Gasteiger partial charge < -0.3 is 10.1 Å². The van der Waals surface area contributed by atoms with E-state index in [0.29, 0.717) is 30.9 Å². The van der Waals surface area contributed by atoms with Crippen LogP contribution in [0.1, 0.15) is 12.0 Å². The fourth-order valence-corrected chi connectivity index (χ4v) is 3.13. The van der Waals surface area contributed by atoms with Gasteiger partial charge >= 0.3 is 6.03 Å². The lowest BCUT2D eigenvalue weighted by Gasteiger charge is -2.33. The van der Waals surface area contributed by atoms with E-state index in [1.54, 1.807) is 11.0 Å². The summed E-state index contributed by atoms with van der Waals surface area (Å²) in [6, 6.07) is 6.95. The lowest BCUT2D eigenvalue weighted by molar-refractivity contribution is -0.132. The molecule has 1 aromatic heterocycles. The number of imide groups is 1. The highest BCUT2D eigenvalue weighted by atomic mass is 16.5. The van der Waals surface area contributed by atoms with Crippen molar-refractivity contribution in [3.63, 3.8) is 0 Å². The highest BCUT2D eigenvalue weighted by molar-refractivity contribution is 6.07. The van der Waals surface area contributed by atoms with Gasteiger partial charge in [0.05, 0.1) is 19.7 Å². The third-order valence-electron chi connectivity index (χ3n) is 4.28. The number of amides is 3. The molecule has 4 rings (SSSR count). The van der Waals surface area contributed by atoms with Crippen LogP contribution in [-0.4, -0.2) is 44.8 Å². The fourth-order valence-electron chi connectivity index (χ4n) is 3.13. The summed E-state index contributed by atoms with van der Waals surface area (Å²) in [5.41, 5.74) is -0.304. The topological polar surface area (TPSA) is 89.4 Å². The first kappa shape index (κ1) is 13.7. The maximum absolute atomic E-state index is 13.0. The molecule has 1 aromatic carbocycles. The number of urea groups is 1.